The van der Waals surface area contributed by atoms with E-state index in [2.05, 4.69) is 47.7 Å². The van der Waals surface area contributed by atoms with E-state index in [-0.39, 0.29) is 46.9 Å². The molecule has 4 aromatic carbocycles. The number of phenols is 4. The minimum absolute atomic E-state index is 0.0208. The number of aliphatic hydroxyl groups is 1. The number of ketones is 1. The lowest BCUT2D eigenvalue weighted by molar-refractivity contribution is -0.134. The molecule has 1 fully saturated rings. The van der Waals surface area contributed by atoms with Gasteiger partial charge in [-0.1, -0.05) is 44.5 Å². The van der Waals surface area contributed by atoms with E-state index < -0.39 is 23.4 Å². The Morgan fingerprint density at radius 1 is 0.924 bits per heavy atom. The first-order valence-electron chi connectivity index (χ1n) is 24.1. The van der Waals surface area contributed by atoms with Gasteiger partial charge in [-0.2, -0.15) is 0 Å². The fourth-order valence-electron chi connectivity index (χ4n) is 11.7. The smallest absolute Gasteiger partial charge is 0.200 e. The van der Waals surface area contributed by atoms with Gasteiger partial charge in [0.2, 0.25) is 5.75 Å². The molecular formula is C55H65N3O8. The van der Waals surface area contributed by atoms with E-state index in [4.69, 9.17) is 9.47 Å². The van der Waals surface area contributed by atoms with Crippen LogP contribution >= 0.6 is 0 Å². The van der Waals surface area contributed by atoms with Gasteiger partial charge >= 0.3 is 0 Å². The first-order chi connectivity index (χ1) is 32.0. The zero-order valence-electron chi connectivity index (χ0n) is 38.2. The number of ether oxygens (including phenoxy) is 2. The molecule has 1 spiro atoms. The lowest BCUT2D eigenvalue weighted by Crippen LogP contribution is -2.48. The number of dihydropyridines is 1. The van der Waals surface area contributed by atoms with Crippen LogP contribution in [0.5, 0.6) is 34.5 Å². The zero-order valence-corrected chi connectivity index (χ0v) is 38.2. The molecule has 4 aliphatic rings. The summed E-state index contributed by atoms with van der Waals surface area (Å²) >= 11 is 0. The van der Waals surface area contributed by atoms with Gasteiger partial charge in [0.1, 0.15) is 17.4 Å². The molecule has 1 aromatic heterocycles. The SMILES string of the molecule is CC(C)CCCOc1cc(C2CCc3c(ccc4cc(O)ccc34)NC3=CC(=CCN3)C3(CCCC3Cc3ccc[nH]3)C(C(O)CCc3ccc(O)c4c3CCCO4)C(=O)C2)cc(O)c1O. The number of aliphatic hydroxyl groups excluding tert-OH is 1. The summed E-state index contributed by atoms with van der Waals surface area (Å²) in [6.45, 7) is 5.75. The molecule has 11 nitrogen and oxygen atoms in total. The number of hydrogen-bond donors (Lipinski definition) is 8. The Morgan fingerprint density at radius 2 is 1.80 bits per heavy atom. The summed E-state index contributed by atoms with van der Waals surface area (Å²) in [4.78, 5) is 19.5. The summed E-state index contributed by atoms with van der Waals surface area (Å²) in [6, 6.07) is 20.5. The summed E-state index contributed by atoms with van der Waals surface area (Å²) in [5.74, 6) is 0.398. The van der Waals surface area contributed by atoms with Crippen molar-refractivity contribution in [3.8, 4) is 34.5 Å². The van der Waals surface area contributed by atoms with Gasteiger partial charge in [-0.3, -0.25) is 4.79 Å². The first kappa shape index (κ1) is 45.1. The highest BCUT2D eigenvalue weighted by molar-refractivity contribution is 5.91. The molecule has 5 aromatic rings. The number of carbonyl (C=O) groups excluding carboxylic acids is 1. The molecule has 4 heterocycles. The van der Waals surface area contributed by atoms with Crippen molar-refractivity contribution in [3.05, 3.63) is 124 Å². The predicted octanol–water partition coefficient (Wildman–Crippen LogP) is 10.2. The number of Topliss-reactive ketones (excluding diaryl/α,β-unsaturated/α-hetero) is 1. The van der Waals surface area contributed by atoms with Crippen LogP contribution in [-0.2, 0) is 30.5 Å². The first-order valence-corrected chi connectivity index (χ1v) is 24.1. The lowest BCUT2D eigenvalue weighted by atomic mass is 9.58. The molecule has 66 heavy (non-hydrogen) atoms. The number of benzene rings is 4. The number of phenolic OH excluding ortho intramolecular Hbond substituents is 4. The number of anilines is 1. The molecule has 5 unspecified atom stereocenters. The number of aromatic nitrogens is 1. The van der Waals surface area contributed by atoms with Crippen LogP contribution in [0.3, 0.4) is 0 Å². The van der Waals surface area contributed by atoms with E-state index >= 15 is 4.79 Å². The fourth-order valence-corrected chi connectivity index (χ4v) is 11.7. The second kappa shape index (κ2) is 19.4. The number of aromatic amines is 1. The van der Waals surface area contributed by atoms with E-state index in [1.165, 1.54) is 0 Å². The van der Waals surface area contributed by atoms with Gasteiger partial charge in [0.05, 0.1) is 25.2 Å². The normalized spacial score (nSPS) is 22.4. The van der Waals surface area contributed by atoms with Crippen LogP contribution in [0.4, 0.5) is 5.69 Å². The number of carbonyl (C=O) groups is 1. The van der Waals surface area contributed by atoms with Gasteiger partial charge in [0.15, 0.2) is 23.0 Å². The van der Waals surface area contributed by atoms with Crippen LogP contribution in [0.2, 0.25) is 0 Å². The van der Waals surface area contributed by atoms with E-state index in [0.717, 1.165) is 88.8 Å². The minimum Gasteiger partial charge on any atom is -0.508 e. The summed E-state index contributed by atoms with van der Waals surface area (Å²) < 4.78 is 12.1. The molecule has 8 N–H and O–H groups in total. The predicted molar refractivity (Wildman–Crippen MR) is 257 cm³/mol. The maximum absolute atomic E-state index is 16.0. The molecule has 9 rings (SSSR count). The highest BCUT2D eigenvalue weighted by atomic mass is 16.5. The quantitative estimate of drug-likeness (QED) is 0.0444. The third-order valence-corrected chi connectivity index (χ3v) is 14.9. The molecule has 0 saturated heterocycles. The van der Waals surface area contributed by atoms with Gasteiger partial charge in [0, 0.05) is 41.5 Å². The third-order valence-electron chi connectivity index (χ3n) is 14.9. The number of aromatic hydroxyl groups is 4. The van der Waals surface area contributed by atoms with Crippen LogP contribution in [0.25, 0.3) is 10.8 Å². The fraction of sp³-hybridized carbons (Fsp3) is 0.436. The number of fused-ring (bicyclic) bond motifs is 6. The second-order valence-corrected chi connectivity index (χ2v) is 19.5. The number of aryl methyl sites for hydroxylation is 2. The van der Waals surface area contributed by atoms with E-state index in [1.807, 2.05) is 36.5 Å². The van der Waals surface area contributed by atoms with Crippen molar-refractivity contribution in [1.82, 2.24) is 10.3 Å². The van der Waals surface area contributed by atoms with Gasteiger partial charge in [-0.15, -0.1) is 0 Å². The van der Waals surface area contributed by atoms with Crippen LogP contribution in [0.15, 0.2) is 96.5 Å². The molecule has 1 saturated carbocycles. The Kier molecular flexibility index (Phi) is 13.3. The Labute approximate surface area is 387 Å². The van der Waals surface area contributed by atoms with Gasteiger partial charge in [-0.05, 0) is 176 Å². The van der Waals surface area contributed by atoms with E-state index in [0.29, 0.717) is 75.5 Å². The number of nitrogens with one attached hydrogen (secondary N) is 3. The molecule has 1 aliphatic carbocycles. The molecular weight excluding hydrogens is 831 g/mol. The van der Waals surface area contributed by atoms with Gasteiger partial charge < -0.3 is 50.6 Å². The number of H-pyrrole nitrogens is 1. The summed E-state index contributed by atoms with van der Waals surface area (Å²) in [7, 11) is 0. The maximum Gasteiger partial charge on any atom is 0.200 e. The number of rotatable bonds is 12. The molecule has 348 valence electrons. The Morgan fingerprint density at radius 3 is 2.64 bits per heavy atom. The Balaban J connectivity index is 1.18. The van der Waals surface area contributed by atoms with Crippen molar-refractivity contribution in [2.45, 2.75) is 109 Å². The molecule has 3 aliphatic heterocycles. The maximum atomic E-state index is 16.0. The van der Waals surface area contributed by atoms with Crippen molar-refractivity contribution in [1.29, 1.82) is 0 Å². The molecule has 5 atom stereocenters. The van der Waals surface area contributed by atoms with Crippen LogP contribution in [0.1, 0.15) is 106 Å². The average molecular weight is 896 g/mol. The van der Waals surface area contributed by atoms with Crippen LogP contribution in [-0.4, -0.2) is 62.2 Å². The Hall–Kier alpha value is -6.07. The largest absolute Gasteiger partial charge is 0.508 e. The standard InChI is InChI=1S/C55H65N3O8/c1-33(2)7-5-25-65-50-30-37(29-49(63)53(50)64)35-11-16-44-42-17-15-41(59)27-36(42)12-18-45(44)58-51-32-39(21-24-57-51)55(22-3-8-38(55)31-40-9-4-23-56-40)52(48(62)28-35)46(60)19-13-34-14-20-47(61)54-43(34)10-6-26-66-54/h4,9,12,14-15,17-18,20-21,23,27,29-30,32-33,35,38,46,52,56-61,63-64H,3,5-8,10-11,13,16,19,22,24-26,28,31H2,1-2H3. The third kappa shape index (κ3) is 9.19. The molecule has 11 heteroatoms. The van der Waals surface area contributed by atoms with Crippen molar-refractivity contribution in [2.24, 2.45) is 23.2 Å². The number of allylic oxidation sites excluding steroid dienone is 2. The van der Waals surface area contributed by atoms with Crippen molar-refractivity contribution in [2.75, 3.05) is 25.1 Å². The van der Waals surface area contributed by atoms with Crippen molar-refractivity contribution in [3.63, 3.8) is 0 Å². The van der Waals surface area contributed by atoms with E-state index in [1.54, 1.807) is 30.3 Å². The van der Waals surface area contributed by atoms with E-state index in [9.17, 15) is 25.5 Å². The monoisotopic (exact) mass is 895 g/mol. The molecule has 0 radical (unpaired) electrons. The lowest BCUT2D eigenvalue weighted by Gasteiger charge is -2.46. The minimum atomic E-state index is -1.02. The molecule has 0 amide bonds. The highest BCUT2D eigenvalue weighted by Crippen LogP contribution is 2.58. The van der Waals surface area contributed by atoms with Crippen LogP contribution < -0.4 is 20.1 Å². The summed E-state index contributed by atoms with van der Waals surface area (Å²) in [6.07, 6.45) is 13.8. The van der Waals surface area contributed by atoms with Gasteiger partial charge in [-0.25, -0.2) is 0 Å². The summed E-state index contributed by atoms with van der Waals surface area (Å²) in [5.41, 5.74) is 5.95. The van der Waals surface area contributed by atoms with Crippen LogP contribution in [0, 0.1) is 23.2 Å². The molecule has 2 bridgehead atoms. The van der Waals surface area contributed by atoms with Crippen molar-refractivity contribution >= 4 is 22.2 Å². The highest BCUT2D eigenvalue weighted by Gasteiger charge is 2.55. The number of hydrogen-bond acceptors (Lipinski definition) is 10. The Bertz CT molecular complexity index is 2620. The average Bonchev–Trinajstić information content (AvgIpc) is 3.99. The topological polar surface area (TPSA) is 177 Å². The summed E-state index contributed by atoms with van der Waals surface area (Å²) in [5, 5.41) is 65.8. The second-order valence-electron chi connectivity index (χ2n) is 19.5. The zero-order chi connectivity index (χ0) is 46.0. The van der Waals surface area contributed by atoms with Gasteiger partial charge in [0.25, 0.3) is 0 Å². The van der Waals surface area contributed by atoms with Crippen molar-refractivity contribution < 1.29 is 39.8 Å².